The minimum Gasteiger partial charge on any atom is -0.375 e. The van der Waals surface area contributed by atoms with Gasteiger partial charge < -0.3 is 16.2 Å². The Morgan fingerprint density at radius 3 is 2.59 bits per heavy atom. The van der Waals surface area contributed by atoms with Gasteiger partial charge >= 0.3 is 0 Å². The Hall–Kier alpha value is -3.04. The van der Waals surface area contributed by atoms with Gasteiger partial charge in [-0.3, -0.25) is 9.97 Å². The lowest BCUT2D eigenvalue weighted by Gasteiger charge is -2.43. The van der Waals surface area contributed by atoms with Crippen LogP contribution < -0.4 is 11.1 Å². The van der Waals surface area contributed by atoms with Crippen LogP contribution in [0.2, 0.25) is 0 Å². The summed E-state index contributed by atoms with van der Waals surface area (Å²) < 4.78 is 27.9. The van der Waals surface area contributed by atoms with Crippen LogP contribution in [0.25, 0.3) is 11.3 Å². The molecule has 29 heavy (non-hydrogen) atoms. The molecule has 7 nitrogen and oxygen atoms in total. The van der Waals surface area contributed by atoms with Crippen LogP contribution >= 0.6 is 0 Å². The van der Waals surface area contributed by atoms with Gasteiger partial charge in [0.2, 0.25) is 5.95 Å². The monoisotopic (exact) mass is 398 g/mol. The van der Waals surface area contributed by atoms with Crippen molar-refractivity contribution in [2.24, 2.45) is 5.73 Å². The number of alkyl halides is 1. The van der Waals surface area contributed by atoms with Crippen LogP contribution in [-0.2, 0) is 5.41 Å². The molecule has 0 bridgehead atoms. The van der Waals surface area contributed by atoms with Gasteiger partial charge in [-0.2, -0.15) is 0 Å². The molecule has 150 valence electrons. The van der Waals surface area contributed by atoms with Crippen molar-refractivity contribution in [1.82, 2.24) is 19.9 Å². The molecule has 0 radical (unpaired) electrons. The molecular weight excluding hydrogens is 378 g/mol. The van der Waals surface area contributed by atoms with Crippen LogP contribution in [0, 0.1) is 5.82 Å². The number of anilines is 1. The van der Waals surface area contributed by atoms with E-state index in [-0.39, 0.29) is 25.1 Å². The highest BCUT2D eigenvalue weighted by atomic mass is 19.1. The van der Waals surface area contributed by atoms with Crippen LogP contribution in [-0.4, -0.2) is 37.8 Å². The van der Waals surface area contributed by atoms with Gasteiger partial charge in [-0.15, -0.1) is 0 Å². The number of hydrogen-bond acceptors (Lipinski definition) is 7. The van der Waals surface area contributed by atoms with Gasteiger partial charge in [-0.25, -0.2) is 18.7 Å². The summed E-state index contributed by atoms with van der Waals surface area (Å²) in [5.41, 5.74) is 6.77. The molecule has 1 aliphatic carbocycles. The maximum absolute atomic E-state index is 14.2. The largest absolute Gasteiger partial charge is 0.375 e. The van der Waals surface area contributed by atoms with Crippen molar-refractivity contribution >= 4 is 5.95 Å². The summed E-state index contributed by atoms with van der Waals surface area (Å²) >= 11 is 0. The predicted octanol–water partition coefficient (Wildman–Crippen LogP) is 2.50. The number of nitrogens with zero attached hydrogens (tertiary/aromatic N) is 4. The molecule has 1 fully saturated rings. The molecule has 0 saturated heterocycles. The standard InChI is InChI=1S/C20H20F2N6O/c21-14-7-20(8-14,17-15(22)2-1-4-25-17)11-28-19-26-9-13(10-27-19)16-6-12(18(23)29)3-5-24-16/h1-6,9-10,14,18,29H,7-8,11,23H2,(H,26,27,28)/t14-,18?,20-. The number of halogens is 2. The normalized spacial score (nSPS) is 22.0. The highest BCUT2D eigenvalue weighted by Gasteiger charge is 2.48. The van der Waals surface area contributed by atoms with Crippen molar-refractivity contribution in [3.63, 3.8) is 0 Å². The van der Waals surface area contributed by atoms with Crippen LogP contribution in [0.5, 0.6) is 0 Å². The first-order valence-corrected chi connectivity index (χ1v) is 9.18. The fourth-order valence-corrected chi connectivity index (χ4v) is 3.57. The molecule has 4 N–H and O–H groups in total. The Morgan fingerprint density at radius 2 is 1.93 bits per heavy atom. The third-order valence-electron chi connectivity index (χ3n) is 5.14. The fraction of sp³-hybridized carbons (Fsp3) is 0.300. The maximum Gasteiger partial charge on any atom is 0.222 e. The maximum atomic E-state index is 14.2. The molecule has 3 aromatic heterocycles. The molecule has 1 atom stereocenters. The number of nitrogens with one attached hydrogen (secondary N) is 1. The number of nitrogens with two attached hydrogens (primary N) is 1. The first kappa shape index (κ1) is 19.3. The molecule has 4 rings (SSSR count). The SMILES string of the molecule is NC(O)c1ccnc(-c2cnc(NC[C@]3(c4ncccc4F)C[C@H](F)C3)nc2)c1. The molecule has 1 aliphatic rings. The van der Waals surface area contributed by atoms with Gasteiger partial charge in [-0.1, -0.05) is 0 Å². The van der Waals surface area contributed by atoms with E-state index < -0.39 is 23.6 Å². The lowest BCUT2D eigenvalue weighted by molar-refractivity contribution is 0.0963. The second kappa shape index (κ2) is 7.76. The Morgan fingerprint density at radius 1 is 1.17 bits per heavy atom. The summed E-state index contributed by atoms with van der Waals surface area (Å²) in [5.74, 6) is -0.104. The smallest absolute Gasteiger partial charge is 0.222 e. The van der Waals surface area contributed by atoms with Crippen molar-refractivity contribution in [1.29, 1.82) is 0 Å². The molecular formula is C20H20F2N6O. The lowest BCUT2D eigenvalue weighted by atomic mass is 9.65. The van der Waals surface area contributed by atoms with E-state index in [2.05, 4.69) is 25.3 Å². The highest BCUT2D eigenvalue weighted by Crippen LogP contribution is 2.45. The third kappa shape index (κ3) is 3.92. The Balaban J connectivity index is 1.49. The molecule has 1 saturated carbocycles. The van der Waals surface area contributed by atoms with Crippen molar-refractivity contribution in [2.45, 2.75) is 30.7 Å². The highest BCUT2D eigenvalue weighted by molar-refractivity contribution is 5.58. The zero-order chi connectivity index (χ0) is 20.4. The Labute approximate surface area is 166 Å². The predicted molar refractivity (Wildman–Crippen MR) is 103 cm³/mol. The summed E-state index contributed by atoms with van der Waals surface area (Å²) in [5, 5.41) is 12.6. The van der Waals surface area contributed by atoms with Crippen LogP contribution in [0.4, 0.5) is 14.7 Å². The Kier molecular flexibility index (Phi) is 5.16. The van der Waals surface area contributed by atoms with Crippen LogP contribution in [0.15, 0.2) is 49.1 Å². The van der Waals surface area contributed by atoms with Gasteiger partial charge in [0.25, 0.3) is 0 Å². The summed E-state index contributed by atoms with van der Waals surface area (Å²) in [6.07, 6.45) is 4.54. The number of rotatable bonds is 6. The fourth-order valence-electron chi connectivity index (χ4n) is 3.57. The van der Waals surface area contributed by atoms with Gasteiger partial charge in [-0.05, 0) is 42.7 Å². The molecule has 0 spiro atoms. The van der Waals surface area contributed by atoms with Gasteiger partial charge in [0.05, 0.1) is 11.4 Å². The number of pyridine rings is 2. The summed E-state index contributed by atoms with van der Waals surface area (Å²) in [6, 6.07) is 6.13. The van der Waals surface area contributed by atoms with Crippen molar-refractivity contribution in [2.75, 3.05) is 11.9 Å². The van der Waals surface area contributed by atoms with Crippen molar-refractivity contribution < 1.29 is 13.9 Å². The van der Waals surface area contributed by atoms with E-state index in [1.54, 1.807) is 30.7 Å². The summed E-state index contributed by atoms with van der Waals surface area (Å²) in [6.45, 7) is 0.272. The number of aromatic nitrogens is 4. The third-order valence-corrected chi connectivity index (χ3v) is 5.14. The second-order valence-corrected chi connectivity index (χ2v) is 7.19. The minimum absolute atomic E-state index is 0.199. The molecule has 3 aromatic rings. The van der Waals surface area contributed by atoms with E-state index in [9.17, 15) is 13.9 Å². The molecule has 1 unspecified atom stereocenters. The first-order valence-electron chi connectivity index (χ1n) is 9.18. The van der Waals surface area contributed by atoms with Gasteiger partial charge in [0.15, 0.2) is 0 Å². The van der Waals surface area contributed by atoms with E-state index >= 15 is 0 Å². The zero-order valence-corrected chi connectivity index (χ0v) is 15.5. The van der Waals surface area contributed by atoms with Crippen molar-refractivity contribution in [3.05, 3.63) is 66.1 Å². The lowest BCUT2D eigenvalue weighted by Crippen LogP contribution is -2.49. The number of aliphatic hydroxyl groups excluding tert-OH is 1. The first-order chi connectivity index (χ1) is 14.0. The van der Waals surface area contributed by atoms with E-state index in [1.165, 1.54) is 18.3 Å². The molecule has 3 heterocycles. The minimum atomic E-state index is -1.09. The van der Waals surface area contributed by atoms with E-state index in [4.69, 9.17) is 5.73 Å². The van der Waals surface area contributed by atoms with Crippen molar-refractivity contribution in [3.8, 4) is 11.3 Å². The quantitative estimate of drug-likeness (QED) is 0.547. The number of hydrogen-bond donors (Lipinski definition) is 3. The number of aliphatic hydroxyl groups is 1. The topological polar surface area (TPSA) is 110 Å². The van der Waals surface area contributed by atoms with Gasteiger partial charge in [0, 0.05) is 42.3 Å². The summed E-state index contributed by atoms with van der Waals surface area (Å²) in [4.78, 5) is 16.9. The average Bonchev–Trinajstić information content (AvgIpc) is 2.71. The Bertz CT molecular complexity index is 992. The van der Waals surface area contributed by atoms with Gasteiger partial charge in [0.1, 0.15) is 18.2 Å². The van der Waals surface area contributed by atoms with Crippen LogP contribution in [0.3, 0.4) is 0 Å². The molecule has 0 aliphatic heterocycles. The van der Waals surface area contributed by atoms with Crippen LogP contribution in [0.1, 0.15) is 30.3 Å². The van der Waals surface area contributed by atoms with E-state index in [0.29, 0.717) is 22.8 Å². The molecule has 0 aromatic carbocycles. The van der Waals surface area contributed by atoms with E-state index in [1.807, 2.05) is 0 Å². The molecule has 9 heteroatoms. The second-order valence-electron chi connectivity index (χ2n) is 7.19. The summed E-state index contributed by atoms with van der Waals surface area (Å²) in [7, 11) is 0. The molecule has 0 amide bonds. The van der Waals surface area contributed by atoms with E-state index in [0.717, 1.165) is 0 Å². The zero-order valence-electron chi connectivity index (χ0n) is 15.5. The average molecular weight is 398 g/mol.